The van der Waals surface area contributed by atoms with Crippen LogP contribution in [0.4, 0.5) is 0 Å². The van der Waals surface area contributed by atoms with E-state index in [1.165, 1.54) is 11.1 Å². The Morgan fingerprint density at radius 1 is 0.828 bits per heavy atom. The number of hydrogen-bond acceptors (Lipinski definition) is 4. The molecule has 29 heavy (non-hydrogen) atoms. The van der Waals surface area contributed by atoms with Crippen LogP contribution in [0.3, 0.4) is 0 Å². The third-order valence-corrected chi connectivity index (χ3v) is 6.05. The highest BCUT2D eigenvalue weighted by Crippen LogP contribution is 2.39. The lowest BCUT2D eigenvalue weighted by atomic mass is 9.82. The highest BCUT2D eigenvalue weighted by Gasteiger charge is 2.24. The van der Waals surface area contributed by atoms with Crippen molar-refractivity contribution in [2.75, 3.05) is 13.2 Å². The lowest BCUT2D eigenvalue weighted by Crippen LogP contribution is -2.14. The fourth-order valence-electron chi connectivity index (χ4n) is 3.28. The van der Waals surface area contributed by atoms with Gasteiger partial charge in [-0.3, -0.25) is 0 Å². The van der Waals surface area contributed by atoms with Gasteiger partial charge >= 0.3 is 0 Å². The Balaban J connectivity index is 1.58. The van der Waals surface area contributed by atoms with E-state index in [-0.39, 0.29) is 28.9 Å². The van der Waals surface area contributed by atoms with E-state index in [9.17, 15) is 0 Å². The molecule has 0 fully saturated rings. The van der Waals surface area contributed by atoms with Crippen molar-refractivity contribution in [1.29, 1.82) is 0 Å². The molecule has 0 N–H and O–H groups in total. The fourth-order valence-corrected chi connectivity index (χ4v) is 4.45. The smallest absolute Gasteiger partial charge is 0.215 e. The van der Waals surface area contributed by atoms with E-state index in [0.717, 1.165) is 43.6 Å². The topological polar surface area (TPSA) is 36.9 Å². The van der Waals surface area contributed by atoms with E-state index < -0.39 is 0 Å². The summed E-state index contributed by atoms with van der Waals surface area (Å²) in [6, 6.07) is 0. The Bertz CT molecular complexity index is 649. The van der Waals surface area contributed by atoms with Crippen LogP contribution in [0.1, 0.15) is 73.6 Å². The minimum Gasteiger partial charge on any atom is -0.454 e. The summed E-state index contributed by atoms with van der Waals surface area (Å²) in [4.78, 5) is 0. The third kappa shape index (κ3) is 8.54. The summed E-state index contributed by atoms with van der Waals surface area (Å²) in [6.45, 7) is 14.6. The maximum Gasteiger partial charge on any atom is 0.215 e. The molecule has 0 aromatic carbocycles. The third-order valence-electron chi connectivity index (χ3n) is 4.78. The van der Waals surface area contributed by atoms with Gasteiger partial charge in [0.05, 0.1) is 13.2 Å². The molecule has 0 spiro atoms. The van der Waals surface area contributed by atoms with E-state index in [1.54, 1.807) is 0 Å². The Kier molecular flexibility index (Phi) is 9.89. The van der Waals surface area contributed by atoms with Crippen LogP contribution in [0.2, 0.25) is 0 Å². The van der Waals surface area contributed by atoms with Crippen molar-refractivity contribution < 1.29 is 18.1 Å². The molecule has 6 heteroatoms. The van der Waals surface area contributed by atoms with Gasteiger partial charge in [-0.1, -0.05) is 59.8 Å². The van der Waals surface area contributed by atoms with Crippen molar-refractivity contribution in [3.05, 3.63) is 47.0 Å². The molecule has 4 nitrogen and oxygen atoms in total. The second-order valence-corrected chi connectivity index (χ2v) is 10.8. The van der Waals surface area contributed by atoms with Gasteiger partial charge in [0, 0.05) is 6.42 Å². The van der Waals surface area contributed by atoms with E-state index in [1.807, 2.05) is 0 Å². The fraction of sp³-hybridized carbons (Fsp3) is 0.652. The molecule has 2 aliphatic carbocycles. The molecule has 0 saturated heterocycles. The summed E-state index contributed by atoms with van der Waals surface area (Å²) < 4.78 is 23.1. The average molecular weight is 441 g/mol. The summed E-state index contributed by atoms with van der Waals surface area (Å²) in [5.74, 6) is 2.06. The standard InChI is InChI=1S/C23H38O4P2/c1-22(2,3)18-12-7-9-14-20(18)26-28-24-16-11-17-25-29-27-21-15-10-8-13-19(21)23(4,5)6/h7,12-13,15,28-29H,8-11,14,16-17H2,1-6H3. The SMILES string of the molecule is CC(C)(C)C1=CCCC=C1OPOCCCOPOC1=C(C(C)(C)C)C=CCC1. The van der Waals surface area contributed by atoms with Gasteiger partial charge in [0.15, 0.2) is 0 Å². The molecule has 0 aromatic rings. The van der Waals surface area contributed by atoms with Crippen molar-refractivity contribution in [2.45, 2.75) is 73.6 Å². The van der Waals surface area contributed by atoms with Crippen molar-refractivity contribution >= 4 is 18.1 Å². The second kappa shape index (κ2) is 11.7. The van der Waals surface area contributed by atoms with Gasteiger partial charge in [-0.2, -0.15) is 0 Å². The molecule has 0 aromatic heterocycles. The Morgan fingerprint density at radius 3 is 2.14 bits per heavy atom. The molecular weight excluding hydrogens is 402 g/mol. The van der Waals surface area contributed by atoms with Crippen LogP contribution in [-0.4, -0.2) is 13.2 Å². The monoisotopic (exact) mass is 440 g/mol. The van der Waals surface area contributed by atoms with E-state index in [0.29, 0.717) is 13.2 Å². The predicted molar refractivity (Wildman–Crippen MR) is 125 cm³/mol. The minimum absolute atomic E-state index is 0.0251. The summed E-state index contributed by atoms with van der Waals surface area (Å²) >= 11 is 0. The summed E-state index contributed by atoms with van der Waals surface area (Å²) in [5, 5.41) is 0. The number of allylic oxidation sites excluding steroid dienone is 7. The largest absolute Gasteiger partial charge is 0.454 e. The van der Waals surface area contributed by atoms with Crippen molar-refractivity contribution in [3.63, 3.8) is 0 Å². The molecule has 0 radical (unpaired) electrons. The summed E-state index contributed by atoms with van der Waals surface area (Å²) in [6.07, 6.45) is 13.8. The maximum atomic E-state index is 5.93. The molecule has 2 atom stereocenters. The molecule has 0 heterocycles. The molecular formula is C23H38O4P2. The number of rotatable bonds is 10. The van der Waals surface area contributed by atoms with Gasteiger partial charge < -0.3 is 18.1 Å². The highest BCUT2D eigenvalue weighted by molar-refractivity contribution is 7.26. The minimum atomic E-state index is 0.0251. The molecule has 2 unspecified atom stereocenters. The highest BCUT2D eigenvalue weighted by atomic mass is 31.1. The Labute approximate surface area is 181 Å². The maximum absolute atomic E-state index is 5.93. The van der Waals surface area contributed by atoms with Crippen LogP contribution < -0.4 is 0 Å². The molecule has 0 aliphatic heterocycles. The lowest BCUT2D eigenvalue weighted by Gasteiger charge is -2.27. The van der Waals surface area contributed by atoms with Crippen LogP contribution in [0.25, 0.3) is 0 Å². The van der Waals surface area contributed by atoms with Crippen molar-refractivity contribution in [3.8, 4) is 0 Å². The Hall–Kier alpha value is -0.660. The van der Waals surface area contributed by atoms with Gasteiger partial charge in [0.2, 0.25) is 18.1 Å². The van der Waals surface area contributed by atoms with Crippen LogP contribution >= 0.6 is 18.1 Å². The molecule has 164 valence electrons. The second-order valence-electron chi connectivity index (χ2n) is 9.46. The van der Waals surface area contributed by atoms with Gasteiger partial charge in [-0.05, 0) is 53.7 Å². The van der Waals surface area contributed by atoms with E-state index in [2.05, 4.69) is 65.8 Å². The van der Waals surface area contributed by atoms with Crippen LogP contribution in [0.5, 0.6) is 0 Å². The van der Waals surface area contributed by atoms with Crippen molar-refractivity contribution in [2.24, 2.45) is 10.8 Å². The summed E-state index contributed by atoms with van der Waals surface area (Å²) in [7, 11) is 0.0660. The zero-order chi connectivity index (χ0) is 21.3. The molecule has 2 aliphatic rings. The predicted octanol–water partition coefficient (Wildman–Crippen LogP) is 7.76. The Morgan fingerprint density at radius 2 is 1.48 bits per heavy atom. The van der Waals surface area contributed by atoms with E-state index >= 15 is 0 Å². The first-order valence-electron chi connectivity index (χ1n) is 10.6. The first-order chi connectivity index (χ1) is 13.7. The van der Waals surface area contributed by atoms with Gasteiger partial charge in [-0.15, -0.1) is 0 Å². The van der Waals surface area contributed by atoms with Crippen LogP contribution in [0, 0.1) is 10.8 Å². The zero-order valence-electron chi connectivity index (χ0n) is 18.9. The lowest BCUT2D eigenvalue weighted by molar-refractivity contribution is 0.244. The number of hydrogen-bond donors (Lipinski definition) is 0. The van der Waals surface area contributed by atoms with Crippen LogP contribution in [0.15, 0.2) is 47.0 Å². The van der Waals surface area contributed by atoms with Crippen molar-refractivity contribution in [1.82, 2.24) is 0 Å². The first kappa shape index (κ1) is 24.6. The first-order valence-corrected chi connectivity index (χ1v) is 12.2. The molecule has 0 bridgehead atoms. The normalized spacial score (nSPS) is 18.7. The van der Waals surface area contributed by atoms with Gasteiger partial charge in [0.25, 0.3) is 0 Å². The average Bonchev–Trinajstić information content (AvgIpc) is 2.66. The van der Waals surface area contributed by atoms with Gasteiger partial charge in [0.1, 0.15) is 11.5 Å². The summed E-state index contributed by atoms with van der Waals surface area (Å²) in [5.41, 5.74) is 2.76. The molecule has 0 amide bonds. The van der Waals surface area contributed by atoms with E-state index in [4.69, 9.17) is 18.1 Å². The van der Waals surface area contributed by atoms with Crippen LogP contribution in [-0.2, 0) is 18.1 Å². The quantitative estimate of drug-likeness (QED) is 0.257. The zero-order valence-corrected chi connectivity index (χ0v) is 20.9. The molecule has 0 saturated carbocycles. The van der Waals surface area contributed by atoms with Gasteiger partial charge in [-0.25, -0.2) is 0 Å². The molecule has 2 rings (SSSR count).